The van der Waals surface area contributed by atoms with Gasteiger partial charge in [0, 0.05) is 31.4 Å². The van der Waals surface area contributed by atoms with Crippen molar-refractivity contribution in [3.63, 3.8) is 0 Å². The molecule has 0 unspecified atom stereocenters. The van der Waals surface area contributed by atoms with Gasteiger partial charge in [-0.15, -0.1) is 0 Å². The molecule has 5 nitrogen and oxygen atoms in total. The van der Waals surface area contributed by atoms with Crippen molar-refractivity contribution in [2.45, 2.75) is 38.5 Å². The number of ether oxygens (including phenoxy) is 1. The Morgan fingerprint density at radius 2 is 2.29 bits per heavy atom. The fourth-order valence-electron chi connectivity index (χ4n) is 3.16. The van der Waals surface area contributed by atoms with Gasteiger partial charge in [0.05, 0.1) is 12.7 Å². The van der Waals surface area contributed by atoms with Crippen molar-refractivity contribution in [1.29, 1.82) is 0 Å². The highest BCUT2D eigenvalue weighted by Gasteiger charge is 2.38. The molecule has 114 valence electrons. The van der Waals surface area contributed by atoms with E-state index in [1.807, 2.05) is 12.1 Å². The van der Waals surface area contributed by atoms with Gasteiger partial charge in [0.2, 0.25) is 0 Å². The molecule has 5 heteroatoms. The average Bonchev–Trinajstić information content (AvgIpc) is 2.89. The molecule has 2 aliphatic heterocycles. The maximum absolute atomic E-state index is 12.2. The molecule has 1 N–H and O–H groups in total. The summed E-state index contributed by atoms with van der Waals surface area (Å²) in [5, 5.41) is 3.10. The topological polar surface area (TPSA) is 54.5 Å². The second kappa shape index (κ2) is 6.12. The molecule has 2 saturated heterocycles. The van der Waals surface area contributed by atoms with Crippen LogP contribution in [0, 0.1) is 5.92 Å². The van der Waals surface area contributed by atoms with Crippen LogP contribution in [0.2, 0.25) is 0 Å². The molecule has 2 aliphatic rings. The van der Waals surface area contributed by atoms with Crippen LogP contribution in [0.15, 0.2) is 24.4 Å². The van der Waals surface area contributed by atoms with E-state index < -0.39 is 0 Å². The molecule has 1 aromatic rings. The second-order valence-corrected chi connectivity index (χ2v) is 6.34. The summed E-state index contributed by atoms with van der Waals surface area (Å²) in [6.45, 7) is 7.05. The summed E-state index contributed by atoms with van der Waals surface area (Å²) in [4.78, 5) is 18.7. The van der Waals surface area contributed by atoms with Gasteiger partial charge in [-0.1, -0.05) is 19.9 Å². The Labute approximate surface area is 125 Å². The van der Waals surface area contributed by atoms with Crippen molar-refractivity contribution in [1.82, 2.24) is 15.2 Å². The van der Waals surface area contributed by atoms with Gasteiger partial charge in [-0.3, -0.25) is 14.7 Å². The highest BCUT2D eigenvalue weighted by Crippen LogP contribution is 2.25. The molecule has 1 aromatic heterocycles. The molecule has 0 bridgehead atoms. The van der Waals surface area contributed by atoms with Crippen molar-refractivity contribution in [3.8, 4) is 0 Å². The van der Waals surface area contributed by atoms with Gasteiger partial charge in [-0.05, 0) is 24.5 Å². The smallest absolute Gasteiger partial charge is 0.270 e. The van der Waals surface area contributed by atoms with E-state index in [9.17, 15) is 4.79 Å². The lowest BCUT2D eigenvalue weighted by atomic mass is 10.0. The van der Waals surface area contributed by atoms with Crippen LogP contribution < -0.4 is 5.32 Å². The number of pyridine rings is 1. The third-order valence-electron chi connectivity index (χ3n) is 4.42. The Morgan fingerprint density at radius 3 is 3.00 bits per heavy atom. The van der Waals surface area contributed by atoms with Gasteiger partial charge in [-0.25, -0.2) is 0 Å². The zero-order valence-corrected chi connectivity index (χ0v) is 12.7. The van der Waals surface area contributed by atoms with E-state index >= 15 is 0 Å². The second-order valence-electron chi connectivity index (χ2n) is 6.34. The van der Waals surface area contributed by atoms with Crippen LogP contribution in [-0.4, -0.2) is 53.7 Å². The number of aromatic nitrogens is 1. The third kappa shape index (κ3) is 3.24. The molecule has 3 heterocycles. The van der Waals surface area contributed by atoms with Crippen LogP contribution in [0.5, 0.6) is 0 Å². The lowest BCUT2D eigenvalue weighted by molar-refractivity contribution is -0.0683. The summed E-state index contributed by atoms with van der Waals surface area (Å²) in [5.41, 5.74) is 0.485. The number of nitrogens with one attached hydrogen (secondary N) is 1. The summed E-state index contributed by atoms with van der Waals surface area (Å²) >= 11 is 0. The van der Waals surface area contributed by atoms with Gasteiger partial charge in [0.15, 0.2) is 0 Å². The number of fused-ring (bicyclic) bond motifs is 1. The van der Waals surface area contributed by atoms with Crippen LogP contribution in [-0.2, 0) is 4.74 Å². The minimum absolute atomic E-state index is 0.0817. The van der Waals surface area contributed by atoms with Crippen LogP contribution >= 0.6 is 0 Å². The quantitative estimate of drug-likeness (QED) is 0.911. The van der Waals surface area contributed by atoms with E-state index in [0.717, 1.165) is 26.1 Å². The number of carbonyl (C=O) groups is 1. The number of rotatable bonds is 3. The fourth-order valence-corrected chi connectivity index (χ4v) is 3.16. The fraction of sp³-hybridized carbons (Fsp3) is 0.625. The minimum Gasteiger partial charge on any atom is -0.375 e. The van der Waals surface area contributed by atoms with E-state index in [-0.39, 0.29) is 11.9 Å². The molecule has 0 radical (unpaired) electrons. The Balaban J connectivity index is 1.56. The summed E-state index contributed by atoms with van der Waals surface area (Å²) in [6, 6.07) is 6.03. The molecule has 3 atom stereocenters. The molecule has 1 amide bonds. The van der Waals surface area contributed by atoms with Crippen molar-refractivity contribution in [3.05, 3.63) is 30.1 Å². The first-order chi connectivity index (χ1) is 10.1. The summed E-state index contributed by atoms with van der Waals surface area (Å²) < 4.78 is 5.92. The van der Waals surface area contributed by atoms with Crippen LogP contribution in [0.3, 0.4) is 0 Å². The highest BCUT2D eigenvalue weighted by molar-refractivity contribution is 5.92. The highest BCUT2D eigenvalue weighted by atomic mass is 16.5. The Morgan fingerprint density at radius 1 is 1.43 bits per heavy atom. The van der Waals surface area contributed by atoms with Gasteiger partial charge < -0.3 is 10.1 Å². The number of nitrogens with zero attached hydrogens (tertiary/aromatic N) is 2. The Kier molecular flexibility index (Phi) is 4.22. The van der Waals surface area contributed by atoms with Crippen molar-refractivity contribution in [2.75, 3.05) is 19.7 Å². The van der Waals surface area contributed by atoms with Crippen LogP contribution in [0.4, 0.5) is 0 Å². The maximum atomic E-state index is 12.2. The van der Waals surface area contributed by atoms with Gasteiger partial charge in [0.25, 0.3) is 5.91 Å². The van der Waals surface area contributed by atoms with E-state index in [1.54, 1.807) is 12.3 Å². The molecule has 3 rings (SSSR count). The van der Waals surface area contributed by atoms with E-state index in [4.69, 9.17) is 4.74 Å². The number of hydrogen-bond acceptors (Lipinski definition) is 4. The molecule has 0 saturated carbocycles. The van der Waals surface area contributed by atoms with Gasteiger partial charge in [0.1, 0.15) is 5.69 Å². The minimum atomic E-state index is -0.0817. The predicted molar refractivity (Wildman–Crippen MR) is 80.0 cm³/mol. The number of amides is 1. The van der Waals surface area contributed by atoms with Crippen molar-refractivity contribution >= 4 is 5.91 Å². The molecular weight excluding hydrogens is 266 g/mol. The molecular formula is C16H23N3O2. The average molecular weight is 289 g/mol. The summed E-state index contributed by atoms with van der Waals surface area (Å²) in [6.07, 6.45) is 2.92. The Hall–Kier alpha value is -1.46. The molecule has 0 aromatic carbocycles. The molecule has 21 heavy (non-hydrogen) atoms. The third-order valence-corrected chi connectivity index (χ3v) is 4.42. The molecule has 0 aliphatic carbocycles. The van der Waals surface area contributed by atoms with E-state index in [0.29, 0.717) is 23.8 Å². The van der Waals surface area contributed by atoms with Gasteiger partial charge >= 0.3 is 0 Å². The zero-order chi connectivity index (χ0) is 14.8. The SMILES string of the molecule is CC(C)[C@@H]1CN2C[C@H](NC(=O)c3ccccn3)C[C@H]2CO1. The first-order valence-corrected chi connectivity index (χ1v) is 7.71. The summed E-state index contributed by atoms with van der Waals surface area (Å²) in [7, 11) is 0. The van der Waals surface area contributed by atoms with E-state index in [2.05, 4.69) is 29.0 Å². The zero-order valence-electron chi connectivity index (χ0n) is 12.7. The maximum Gasteiger partial charge on any atom is 0.270 e. The van der Waals surface area contributed by atoms with Crippen molar-refractivity contribution in [2.24, 2.45) is 5.92 Å². The number of hydrogen-bond donors (Lipinski definition) is 1. The molecule has 0 spiro atoms. The van der Waals surface area contributed by atoms with E-state index in [1.165, 1.54) is 0 Å². The first kappa shape index (κ1) is 14.5. The van der Waals surface area contributed by atoms with Crippen LogP contribution in [0.1, 0.15) is 30.8 Å². The lowest BCUT2D eigenvalue weighted by Crippen LogP contribution is -2.48. The summed E-state index contributed by atoms with van der Waals surface area (Å²) in [5.74, 6) is 0.454. The molecule has 2 fully saturated rings. The number of morpholine rings is 1. The van der Waals surface area contributed by atoms with Crippen LogP contribution in [0.25, 0.3) is 0 Å². The lowest BCUT2D eigenvalue weighted by Gasteiger charge is -2.36. The van der Waals surface area contributed by atoms with Crippen molar-refractivity contribution < 1.29 is 9.53 Å². The largest absolute Gasteiger partial charge is 0.375 e. The monoisotopic (exact) mass is 289 g/mol. The van der Waals surface area contributed by atoms with Gasteiger partial charge in [-0.2, -0.15) is 0 Å². The number of carbonyl (C=O) groups excluding carboxylic acids is 1. The predicted octanol–water partition coefficient (Wildman–Crippen LogP) is 1.31. The first-order valence-electron chi connectivity index (χ1n) is 7.71. The standard InChI is InChI=1S/C16H23N3O2/c1-11(2)15-9-19-8-12(7-13(19)10-21-15)18-16(20)14-5-3-4-6-17-14/h3-6,11-13,15H,7-10H2,1-2H3,(H,18,20)/t12-,13+,15+/m1/s1. The Bertz CT molecular complexity index is 492. The normalized spacial score (nSPS) is 29.4.